The number of carbonyl (C=O) groups is 3. The highest BCUT2D eigenvalue weighted by Crippen LogP contribution is 2.26. The van der Waals surface area contributed by atoms with Crippen LogP contribution in [0.5, 0.6) is 0 Å². The van der Waals surface area contributed by atoms with Gasteiger partial charge >= 0.3 is 0 Å². The molecule has 1 aliphatic rings. The van der Waals surface area contributed by atoms with Crippen LogP contribution in [0.1, 0.15) is 40.5 Å². The zero-order valence-corrected chi connectivity index (χ0v) is 11.0. The van der Waals surface area contributed by atoms with E-state index in [-0.39, 0.29) is 48.3 Å². The normalized spacial score (nSPS) is 20.8. The fourth-order valence-corrected chi connectivity index (χ4v) is 1.98. The second kappa shape index (κ2) is 5.43. The van der Waals surface area contributed by atoms with E-state index in [4.69, 9.17) is 0 Å². The Morgan fingerprint density at radius 2 is 1.88 bits per heavy atom. The molecule has 0 radical (unpaired) electrons. The van der Waals surface area contributed by atoms with Gasteiger partial charge < -0.3 is 0 Å². The van der Waals surface area contributed by atoms with Crippen LogP contribution in [0.4, 0.5) is 0 Å². The third kappa shape index (κ3) is 3.14. The van der Waals surface area contributed by atoms with Crippen molar-refractivity contribution in [1.82, 2.24) is 4.90 Å². The summed E-state index contributed by atoms with van der Waals surface area (Å²) < 4.78 is 0. The van der Waals surface area contributed by atoms with E-state index in [2.05, 4.69) is 0 Å². The summed E-state index contributed by atoms with van der Waals surface area (Å²) in [6, 6.07) is 0. The van der Waals surface area contributed by atoms with E-state index in [1.807, 2.05) is 27.7 Å². The minimum Gasteiger partial charge on any atom is -0.299 e. The Hall–Kier alpha value is -1.19. The molecule has 0 aromatic rings. The molecular weight excluding hydrogens is 218 g/mol. The van der Waals surface area contributed by atoms with Crippen LogP contribution in [0.3, 0.4) is 0 Å². The lowest BCUT2D eigenvalue weighted by atomic mass is 9.94. The van der Waals surface area contributed by atoms with Crippen molar-refractivity contribution in [3.05, 3.63) is 0 Å². The Balaban J connectivity index is 2.58. The molecular formula is C13H21NO3. The molecule has 1 saturated heterocycles. The molecule has 1 aliphatic heterocycles. The van der Waals surface area contributed by atoms with Crippen LogP contribution in [-0.4, -0.2) is 29.0 Å². The first kappa shape index (κ1) is 13.9. The van der Waals surface area contributed by atoms with Crippen LogP contribution in [0.2, 0.25) is 0 Å². The molecule has 0 aromatic heterocycles. The third-order valence-electron chi connectivity index (χ3n) is 3.31. The van der Waals surface area contributed by atoms with Gasteiger partial charge in [0.15, 0.2) is 0 Å². The third-order valence-corrected chi connectivity index (χ3v) is 3.31. The van der Waals surface area contributed by atoms with Gasteiger partial charge in [0.25, 0.3) is 0 Å². The van der Waals surface area contributed by atoms with Gasteiger partial charge in [0.05, 0.1) is 0 Å². The second-order valence-electron chi connectivity index (χ2n) is 5.31. The largest absolute Gasteiger partial charge is 0.299 e. The number of nitrogens with zero attached hydrogens (tertiary/aromatic N) is 1. The fraction of sp³-hybridized carbons (Fsp3) is 0.769. The monoisotopic (exact) mass is 239 g/mol. The van der Waals surface area contributed by atoms with E-state index in [1.54, 1.807) is 0 Å². The van der Waals surface area contributed by atoms with Crippen molar-refractivity contribution in [2.24, 2.45) is 17.8 Å². The van der Waals surface area contributed by atoms with Crippen molar-refractivity contribution in [3.8, 4) is 0 Å². The van der Waals surface area contributed by atoms with Crippen LogP contribution >= 0.6 is 0 Å². The van der Waals surface area contributed by atoms with Gasteiger partial charge in [-0.1, -0.05) is 27.7 Å². The van der Waals surface area contributed by atoms with Crippen molar-refractivity contribution < 1.29 is 14.4 Å². The molecule has 1 heterocycles. The van der Waals surface area contributed by atoms with E-state index < -0.39 is 0 Å². The zero-order chi connectivity index (χ0) is 13.2. The molecule has 0 spiro atoms. The number of ketones is 1. The molecule has 1 fully saturated rings. The summed E-state index contributed by atoms with van der Waals surface area (Å²) in [4.78, 5) is 36.3. The second-order valence-corrected chi connectivity index (χ2v) is 5.31. The maximum absolute atomic E-state index is 11.9. The lowest BCUT2D eigenvalue weighted by Crippen LogP contribution is -2.34. The number of amides is 2. The standard InChI is InChI=1S/C13H21NO3/c1-8(2)10-7-12(16)14(13(10)17)6-5-11(15)9(3)4/h8-10H,5-7H2,1-4H3. The average Bonchev–Trinajstić information content (AvgIpc) is 2.51. The molecule has 1 atom stereocenters. The smallest absolute Gasteiger partial charge is 0.233 e. The first-order valence-corrected chi connectivity index (χ1v) is 6.21. The summed E-state index contributed by atoms with van der Waals surface area (Å²) in [5.41, 5.74) is 0. The molecule has 0 bridgehead atoms. The number of carbonyl (C=O) groups excluding carboxylic acids is 3. The molecule has 0 aliphatic carbocycles. The van der Waals surface area contributed by atoms with Crippen molar-refractivity contribution >= 4 is 17.6 Å². The predicted octanol–water partition coefficient (Wildman–Crippen LogP) is 1.63. The number of hydrogen-bond acceptors (Lipinski definition) is 3. The molecule has 2 amide bonds. The molecule has 4 heteroatoms. The number of imide groups is 1. The average molecular weight is 239 g/mol. The highest BCUT2D eigenvalue weighted by molar-refractivity contribution is 6.03. The van der Waals surface area contributed by atoms with Gasteiger partial charge in [0.1, 0.15) is 5.78 Å². The maximum atomic E-state index is 11.9. The highest BCUT2D eigenvalue weighted by atomic mass is 16.2. The molecule has 0 aromatic carbocycles. The molecule has 17 heavy (non-hydrogen) atoms. The highest BCUT2D eigenvalue weighted by Gasteiger charge is 2.39. The summed E-state index contributed by atoms with van der Waals surface area (Å²) in [7, 11) is 0. The first-order chi connectivity index (χ1) is 7.84. The SMILES string of the molecule is CC(C)C(=O)CCN1C(=O)CC(C(C)C)C1=O. The van der Waals surface area contributed by atoms with E-state index in [9.17, 15) is 14.4 Å². The van der Waals surface area contributed by atoms with Crippen LogP contribution < -0.4 is 0 Å². The van der Waals surface area contributed by atoms with Crippen molar-refractivity contribution in [2.75, 3.05) is 6.54 Å². The number of rotatable bonds is 5. The summed E-state index contributed by atoms with van der Waals surface area (Å²) in [5, 5.41) is 0. The Bertz CT molecular complexity index is 334. The quantitative estimate of drug-likeness (QED) is 0.685. The van der Waals surface area contributed by atoms with Gasteiger partial charge in [-0.15, -0.1) is 0 Å². The van der Waals surface area contributed by atoms with Gasteiger partial charge in [-0.05, 0) is 5.92 Å². The topological polar surface area (TPSA) is 54.5 Å². The number of hydrogen-bond donors (Lipinski definition) is 0. The van der Waals surface area contributed by atoms with Crippen LogP contribution in [0, 0.1) is 17.8 Å². The minimum atomic E-state index is -0.198. The summed E-state index contributed by atoms with van der Waals surface area (Å²) >= 11 is 0. The lowest BCUT2D eigenvalue weighted by molar-refractivity contribution is -0.140. The Labute approximate surface area is 102 Å². The molecule has 0 N–H and O–H groups in total. The number of likely N-dealkylation sites (tertiary alicyclic amines) is 1. The van der Waals surface area contributed by atoms with Crippen LogP contribution in [0.15, 0.2) is 0 Å². The van der Waals surface area contributed by atoms with Gasteiger partial charge in [0.2, 0.25) is 11.8 Å². The summed E-state index contributed by atoms with van der Waals surface area (Å²) in [6.45, 7) is 7.79. The van der Waals surface area contributed by atoms with Gasteiger partial charge in [0, 0.05) is 31.2 Å². The number of Topliss-reactive ketones (excluding diaryl/α,β-unsaturated/α-hetero) is 1. The van der Waals surface area contributed by atoms with Gasteiger partial charge in [-0.25, -0.2) is 0 Å². The van der Waals surface area contributed by atoms with Crippen LogP contribution in [0.25, 0.3) is 0 Å². The zero-order valence-electron chi connectivity index (χ0n) is 11.0. The molecule has 1 rings (SSSR count). The fourth-order valence-electron chi connectivity index (χ4n) is 1.98. The van der Waals surface area contributed by atoms with Gasteiger partial charge in [-0.2, -0.15) is 0 Å². The van der Waals surface area contributed by atoms with Crippen LogP contribution in [-0.2, 0) is 14.4 Å². The maximum Gasteiger partial charge on any atom is 0.233 e. The molecule has 96 valence electrons. The molecule has 0 saturated carbocycles. The predicted molar refractivity (Wildman–Crippen MR) is 64.1 cm³/mol. The Kier molecular flexibility index (Phi) is 4.43. The van der Waals surface area contributed by atoms with E-state index in [0.29, 0.717) is 6.42 Å². The lowest BCUT2D eigenvalue weighted by Gasteiger charge is -2.16. The van der Waals surface area contributed by atoms with Crippen molar-refractivity contribution in [3.63, 3.8) is 0 Å². The van der Waals surface area contributed by atoms with Crippen molar-refractivity contribution in [2.45, 2.75) is 40.5 Å². The molecule has 1 unspecified atom stereocenters. The minimum absolute atomic E-state index is 0.0382. The Morgan fingerprint density at radius 1 is 1.29 bits per heavy atom. The van der Waals surface area contributed by atoms with Crippen molar-refractivity contribution in [1.29, 1.82) is 0 Å². The van der Waals surface area contributed by atoms with E-state index in [0.717, 1.165) is 0 Å². The first-order valence-electron chi connectivity index (χ1n) is 6.21. The summed E-state index contributed by atoms with van der Waals surface area (Å²) in [5.74, 6) is -0.206. The summed E-state index contributed by atoms with van der Waals surface area (Å²) in [6.07, 6.45) is 0.576. The van der Waals surface area contributed by atoms with E-state index in [1.165, 1.54) is 4.90 Å². The molecule has 4 nitrogen and oxygen atoms in total. The van der Waals surface area contributed by atoms with Gasteiger partial charge in [-0.3, -0.25) is 19.3 Å². The Morgan fingerprint density at radius 3 is 2.29 bits per heavy atom. The van der Waals surface area contributed by atoms with E-state index >= 15 is 0 Å².